The molecule has 66 heavy (non-hydrogen) atoms. The second kappa shape index (κ2) is 22.2. The Labute approximate surface area is 385 Å². The highest BCUT2D eigenvalue weighted by atomic mass is 16.5. The largest absolute Gasteiger partial charge is 0.492 e. The van der Waals surface area contributed by atoms with Crippen LogP contribution in [0.2, 0.25) is 0 Å². The maximum Gasteiger partial charge on any atom is 0.255 e. The molecule has 0 radical (unpaired) electrons. The number of carbonyl (C=O) groups excluding carboxylic acids is 5. The molecule has 0 spiro atoms. The van der Waals surface area contributed by atoms with Crippen LogP contribution in [-0.4, -0.2) is 104 Å². The number of nitriles is 1. The van der Waals surface area contributed by atoms with E-state index >= 15 is 0 Å². The number of rotatable bonds is 15. The number of likely N-dealkylation sites (N-methyl/N-ethyl adjacent to an activating group) is 1. The first kappa shape index (κ1) is 49.9. The lowest BCUT2D eigenvalue weighted by Crippen LogP contribution is -2.56. The van der Waals surface area contributed by atoms with Crippen LogP contribution in [0.1, 0.15) is 72.8 Å². The van der Waals surface area contributed by atoms with Gasteiger partial charge >= 0.3 is 0 Å². The Morgan fingerprint density at radius 2 is 1.55 bits per heavy atom. The number of carbonyl (C=O) groups is 5. The summed E-state index contributed by atoms with van der Waals surface area (Å²) in [6, 6.07) is 16.6. The van der Waals surface area contributed by atoms with Crippen molar-refractivity contribution in [1.29, 1.82) is 5.26 Å². The Morgan fingerprint density at radius 1 is 0.909 bits per heavy atom. The molecule has 5 rings (SSSR count). The Hall–Kier alpha value is -7.07. The van der Waals surface area contributed by atoms with Gasteiger partial charge in [0, 0.05) is 43.2 Å². The van der Waals surface area contributed by atoms with Crippen molar-refractivity contribution in [3.63, 3.8) is 0 Å². The number of nitrogen functional groups attached to an aromatic ring is 1. The molecule has 4 aromatic rings. The monoisotopic (exact) mass is 903 g/mol. The lowest BCUT2D eigenvalue weighted by molar-refractivity contribution is -0.141. The molecule has 4 atom stereocenters. The van der Waals surface area contributed by atoms with Crippen molar-refractivity contribution in [2.75, 3.05) is 52.2 Å². The van der Waals surface area contributed by atoms with Crippen molar-refractivity contribution in [2.24, 2.45) is 17.2 Å². The zero-order valence-electron chi connectivity index (χ0n) is 38.3. The fourth-order valence-corrected chi connectivity index (χ4v) is 7.64. The fourth-order valence-electron chi connectivity index (χ4n) is 7.64. The SMILES string of the molecule is Cc1cc(-c2ccc(C(C)(C)C)cc2)nc(N)c1C(=O)NC(CCN)C(=O)N(C)C1C(=O)NC(C)C(=O)NC(C(=O)NCC#N)Cc2ccc(OCCN)c(c2)-c2cc1ccc2OCCN. The number of hydrogen-bond acceptors (Lipinski definition) is 13. The second-order valence-electron chi connectivity index (χ2n) is 17.1. The summed E-state index contributed by atoms with van der Waals surface area (Å²) < 4.78 is 12.2. The molecule has 4 bridgehead atoms. The third-order valence-electron chi connectivity index (χ3n) is 11.1. The van der Waals surface area contributed by atoms with Crippen LogP contribution >= 0.6 is 0 Å². The van der Waals surface area contributed by atoms with Gasteiger partial charge in [-0.05, 0) is 84.8 Å². The highest BCUT2D eigenvalue weighted by molar-refractivity contribution is 6.03. The van der Waals surface area contributed by atoms with Gasteiger partial charge in [0.05, 0.1) is 17.3 Å². The van der Waals surface area contributed by atoms with Gasteiger partial charge < -0.3 is 58.6 Å². The first-order valence-corrected chi connectivity index (χ1v) is 21.8. The van der Waals surface area contributed by atoms with Gasteiger partial charge in [0.25, 0.3) is 5.91 Å². The van der Waals surface area contributed by atoms with Crippen LogP contribution in [-0.2, 0) is 31.0 Å². The van der Waals surface area contributed by atoms with E-state index in [2.05, 4.69) is 47.0 Å². The topological polar surface area (TPSA) is 296 Å². The predicted molar refractivity (Wildman–Crippen MR) is 251 cm³/mol. The quantitative estimate of drug-likeness (QED) is 0.0795. The Morgan fingerprint density at radius 3 is 2.14 bits per heavy atom. The normalized spacial score (nSPS) is 16.6. The molecule has 1 aliphatic rings. The van der Waals surface area contributed by atoms with Crippen molar-refractivity contribution in [3.8, 4) is 40.0 Å². The molecule has 0 aliphatic carbocycles. The molecule has 5 amide bonds. The number of fused-ring (bicyclic) bond motifs is 5. The minimum absolute atomic E-state index is 0.00251. The van der Waals surface area contributed by atoms with Gasteiger partial charge in [-0.3, -0.25) is 24.0 Å². The van der Waals surface area contributed by atoms with Crippen LogP contribution in [0.3, 0.4) is 0 Å². The van der Waals surface area contributed by atoms with Crippen LogP contribution in [0.15, 0.2) is 66.7 Å². The van der Waals surface area contributed by atoms with Gasteiger partial charge in [-0.2, -0.15) is 5.26 Å². The first-order valence-electron chi connectivity index (χ1n) is 21.8. The molecule has 350 valence electrons. The number of aryl methyl sites for hydroxylation is 1. The highest BCUT2D eigenvalue weighted by Crippen LogP contribution is 2.40. The summed E-state index contributed by atoms with van der Waals surface area (Å²) in [5.74, 6) is -2.73. The van der Waals surface area contributed by atoms with E-state index < -0.39 is 53.7 Å². The van der Waals surface area contributed by atoms with E-state index in [0.29, 0.717) is 45.0 Å². The van der Waals surface area contributed by atoms with E-state index in [9.17, 15) is 24.0 Å². The third-order valence-corrected chi connectivity index (χ3v) is 11.1. The van der Waals surface area contributed by atoms with E-state index in [4.69, 9.17) is 37.7 Å². The highest BCUT2D eigenvalue weighted by Gasteiger charge is 2.36. The van der Waals surface area contributed by atoms with Crippen LogP contribution in [0, 0.1) is 18.3 Å². The van der Waals surface area contributed by atoms with Gasteiger partial charge in [0.15, 0.2) is 0 Å². The number of anilines is 1. The number of pyridine rings is 1. The number of nitrogens with one attached hydrogen (secondary N) is 4. The van der Waals surface area contributed by atoms with Crippen molar-refractivity contribution in [2.45, 2.75) is 77.0 Å². The average Bonchev–Trinajstić information content (AvgIpc) is 3.28. The molecule has 3 aromatic carbocycles. The molecular weight excluding hydrogens is 843 g/mol. The average molecular weight is 904 g/mol. The zero-order chi connectivity index (χ0) is 48.3. The summed E-state index contributed by atoms with van der Waals surface area (Å²) >= 11 is 0. The molecule has 1 aliphatic heterocycles. The minimum Gasteiger partial charge on any atom is -0.492 e. The number of aromatic nitrogens is 1. The fraction of sp³-hybridized carbons (Fsp3) is 0.396. The van der Waals surface area contributed by atoms with Gasteiger partial charge in [-0.1, -0.05) is 57.2 Å². The van der Waals surface area contributed by atoms with Crippen LogP contribution in [0.4, 0.5) is 5.82 Å². The minimum atomic E-state index is -1.42. The molecular formula is C48H61N11O7. The lowest BCUT2D eigenvalue weighted by Gasteiger charge is -2.32. The Kier molecular flexibility index (Phi) is 16.8. The number of ether oxygens (including phenoxy) is 2. The van der Waals surface area contributed by atoms with Gasteiger partial charge in [0.1, 0.15) is 61.2 Å². The Bertz CT molecular complexity index is 2440. The number of hydrogen-bond donors (Lipinski definition) is 8. The molecule has 0 saturated heterocycles. The maximum absolute atomic E-state index is 14.7. The first-order chi connectivity index (χ1) is 31.4. The van der Waals surface area contributed by atoms with E-state index in [1.807, 2.05) is 30.3 Å². The number of benzene rings is 3. The number of amides is 5. The van der Waals surface area contributed by atoms with E-state index in [1.54, 1.807) is 49.4 Å². The van der Waals surface area contributed by atoms with Crippen molar-refractivity contribution < 1.29 is 33.4 Å². The van der Waals surface area contributed by atoms with E-state index in [-0.39, 0.29) is 69.0 Å². The van der Waals surface area contributed by atoms with E-state index in [1.165, 1.54) is 18.9 Å². The standard InChI is InChI=1S/C48H61N11O7/c1-27-23-36(30-8-11-32(12-9-30)48(3,4)5)56-42(53)40(27)45(62)57-35(15-16-49)47(64)59(6)41-31-10-14-39(66-22-19-52)34(26-31)33-24-29(7-13-38(33)65-21-18-51)25-37(44(61)54-20-17-50)58-43(60)28(2)55-46(41)63/h7-14,23-24,26,28,35,37,41H,15-16,18-22,25,49,51-52H2,1-6H3,(H2,53,56)(H,54,61)(H,55,63)(H,57,62)(H,58,60). The zero-order valence-corrected chi connectivity index (χ0v) is 38.3. The predicted octanol–water partition coefficient (Wildman–Crippen LogP) is 2.11. The third kappa shape index (κ3) is 12.0. The summed E-state index contributed by atoms with van der Waals surface area (Å²) in [5, 5.41) is 19.9. The maximum atomic E-state index is 14.7. The molecule has 0 saturated carbocycles. The summed E-state index contributed by atoms with van der Waals surface area (Å²) in [6.07, 6.45) is -0.0227. The van der Waals surface area contributed by atoms with Gasteiger partial charge in [-0.25, -0.2) is 4.98 Å². The molecule has 18 heteroatoms. The molecule has 0 fully saturated rings. The summed E-state index contributed by atoms with van der Waals surface area (Å²) in [4.78, 5) is 76.2. The van der Waals surface area contributed by atoms with Crippen molar-refractivity contribution in [3.05, 3.63) is 94.5 Å². The smallest absolute Gasteiger partial charge is 0.255 e. The summed E-state index contributed by atoms with van der Waals surface area (Å²) in [6.45, 7) is 9.86. The molecule has 2 heterocycles. The molecule has 1 aromatic heterocycles. The van der Waals surface area contributed by atoms with Crippen molar-refractivity contribution >= 4 is 35.4 Å². The van der Waals surface area contributed by atoms with Gasteiger partial charge in [-0.15, -0.1) is 0 Å². The van der Waals surface area contributed by atoms with Crippen molar-refractivity contribution in [1.82, 2.24) is 31.2 Å². The van der Waals surface area contributed by atoms with Crippen LogP contribution < -0.4 is 53.7 Å². The van der Waals surface area contributed by atoms with Crippen LogP contribution in [0.25, 0.3) is 22.4 Å². The lowest BCUT2D eigenvalue weighted by atomic mass is 9.86. The van der Waals surface area contributed by atoms with E-state index in [0.717, 1.165) is 11.1 Å². The number of nitrogens with zero attached hydrogens (tertiary/aromatic N) is 3. The van der Waals surface area contributed by atoms with Gasteiger partial charge in [0.2, 0.25) is 23.6 Å². The summed E-state index contributed by atoms with van der Waals surface area (Å²) in [7, 11) is 1.40. The Balaban J connectivity index is 1.57. The number of nitrogens with two attached hydrogens (primary N) is 4. The molecule has 4 unspecified atom stereocenters. The molecule has 18 nitrogen and oxygen atoms in total. The molecule has 12 N–H and O–H groups in total. The summed E-state index contributed by atoms with van der Waals surface area (Å²) in [5.41, 5.74) is 29.1. The second-order valence-corrected chi connectivity index (χ2v) is 17.1. The van der Waals surface area contributed by atoms with Crippen LogP contribution in [0.5, 0.6) is 11.5 Å².